The third kappa shape index (κ3) is 4.90. The zero-order valence-corrected chi connectivity index (χ0v) is 19.7. The molecule has 0 aromatic heterocycles. The molecule has 154 valence electrons. The third-order valence-corrected chi connectivity index (χ3v) is 14.8. The van der Waals surface area contributed by atoms with E-state index in [1.165, 1.54) is 39.5 Å². The summed E-state index contributed by atoms with van der Waals surface area (Å²) >= 11 is 0. The van der Waals surface area contributed by atoms with Crippen LogP contribution in [-0.2, 0) is 9.53 Å². The first kappa shape index (κ1) is 23.6. The lowest BCUT2D eigenvalue weighted by atomic mass is 10.1. The number of hydrogen-bond donors (Lipinski definition) is 0. The molecule has 1 aliphatic rings. The minimum Gasteiger partial charge on any atom is -0.469 e. The summed E-state index contributed by atoms with van der Waals surface area (Å²) in [5.74, 6) is -0.123. The Balaban J connectivity index is 2.93. The standard InChI is InChI=1S/C21H44N2O2Si/c1-9-18(5)26(19(6)10-2,20(7)11-3)23-14-12-22(13-15-23)16-17(4)21(24)25-8/h17-20H,9-16H2,1-8H3. The van der Waals surface area contributed by atoms with E-state index in [4.69, 9.17) is 4.74 Å². The minimum atomic E-state index is -1.59. The molecule has 1 heterocycles. The van der Waals surface area contributed by atoms with Crippen molar-refractivity contribution in [2.24, 2.45) is 5.92 Å². The van der Waals surface area contributed by atoms with E-state index in [1.54, 1.807) is 0 Å². The molecular weight excluding hydrogens is 340 g/mol. The monoisotopic (exact) mass is 384 g/mol. The van der Waals surface area contributed by atoms with Crippen molar-refractivity contribution >= 4 is 14.2 Å². The molecule has 1 aliphatic heterocycles. The minimum absolute atomic E-state index is 0.0350. The second-order valence-corrected chi connectivity index (χ2v) is 13.9. The fraction of sp³-hybridized carbons (Fsp3) is 0.952. The van der Waals surface area contributed by atoms with Crippen LogP contribution >= 0.6 is 0 Å². The molecule has 0 radical (unpaired) electrons. The average Bonchev–Trinajstić information content (AvgIpc) is 2.67. The summed E-state index contributed by atoms with van der Waals surface area (Å²) < 4.78 is 7.85. The van der Waals surface area contributed by atoms with E-state index >= 15 is 0 Å². The zero-order chi connectivity index (χ0) is 19.9. The van der Waals surface area contributed by atoms with Crippen LogP contribution in [0.25, 0.3) is 0 Å². The summed E-state index contributed by atoms with van der Waals surface area (Å²) in [6, 6.07) is 0. The summed E-state index contributed by atoms with van der Waals surface area (Å²) in [6.45, 7) is 22.0. The van der Waals surface area contributed by atoms with Crippen molar-refractivity contribution in [2.45, 2.75) is 84.4 Å². The molecule has 0 aromatic rings. The molecule has 4 atom stereocenters. The van der Waals surface area contributed by atoms with Crippen molar-refractivity contribution in [2.75, 3.05) is 39.8 Å². The normalized spacial score (nSPS) is 23.7. The quantitative estimate of drug-likeness (QED) is 0.401. The number of carbonyl (C=O) groups is 1. The summed E-state index contributed by atoms with van der Waals surface area (Å²) in [5, 5.41) is 0. The smallest absolute Gasteiger partial charge is 0.309 e. The van der Waals surface area contributed by atoms with Gasteiger partial charge in [0.15, 0.2) is 0 Å². The van der Waals surface area contributed by atoms with Crippen molar-refractivity contribution in [3.8, 4) is 0 Å². The average molecular weight is 385 g/mol. The highest BCUT2D eigenvalue weighted by Crippen LogP contribution is 2.48. The first-order chi connectivity index (χ1) is 12.3. The number of esters is 1. The van der Waals surface area contributed by atoms with Crippen LogP contribution in [0.2, 0.25) is 16.6 Å². The van der Waals surface area contributed by atoms with E-state index in [-0.39, 0.29) is 11.9 Å². The third-order valence-electron chi connectivity index (χ3n) is 7.26. The first-order valence-electron chi connectivity index (χ1n) is 10.8. The highest BCUT2D eigenvalue weighted by atomic mass is 28.3. The van der Waals surface area contributed by atoms with Crippen LogP contribution in [0.3, 0.4) is 0 Å². The Morgan fingerprint density at radius 1 is 0.885 bits per heavy atom. The fourth-order valence-electron chi connectivity index (χ4n) is 5.35. The molecule has 1 fully saturated rings. The molecule has 0 N–H and O–H groups in total. The van der Waals surface area contributed by atoms with Gasteiger partial charge in [-0.05, 0) is 16.6 Å². The molecule has 0 saturated carbocycles. The van der Waals surface area contributed by atoms with Crippen molar-refractivity contribution < 1.29 is 9.53 Å². The van der Waals surface area contributed by atoms with Gasteiger partial charge in [0, 0.05) is 32.7 Å². The lowest BCUT2D eigenvalue weighted by molar-refractivity contribution is -0.145. The molecule has 0 amide bonds. The van der Waals surface area contributed by atoms with Crippen LogP contribution in [0.15, 0.2) is 0 Å². The Morgan fingerprint density at radius 3 is 1.65 bits per heavy atom. The van der Waals surface area contributed by atoms with Gasteiger partial charge in [0.1, 0.15) is 8.24 Å². The predicted molar refractivity (Wildman–Crippen MR) is 114 cm³/mol. The number of nitrogens with zero attached hydrogens (tertiary/aromatic N) is 2. The first-order valence-corrected chi connectivity index (χ1v) is 13.0. The predicted octanol–water partition coefficient (Wildman–Crippen LogP) is 4.76. The van der Waals surface area contributed by atoms with Crippen LogP contribution in [0.4, 0.5) is 0 Å². The Bertz CT molecular complexity index is 398. The highest BCUT2D eigenvalue weighted by Gasteiger charge is 2.51. The number of hydrogen-bond acceptors (Lipinski definition) is 4. The maximum Gasteiger partial charge on any atom is 0.309 e. The fourth-order valence-corrected chi connectivity index (χ4v) is 13.1. The summed E-state index contributed by atoms with van der Waals surface area (Å²) in [6.07, 6.45) is 3.88. The number of ether oxygens (including phenoxy) is 1. The SMILES string of the molecule is CCC(C)[Si](C(C)CC)(C(C)CC)N1CCN(CC(C)C(=O)OC)CC1. The van der Waals surface area contributed by atoms with Crippen LogP contribution in [0, 0.1) is 5.92 Å². The van der Waals surface area contributed by atoms with Gasteiger partial charge in [-0.1, -0.05) is 67.7 Å². The maximum atomic E-state index is 11.7. The Hall–Kier alpha value is -0.393. The van der Waals surface area contributed by atoms with Gasteiger partial charge in [0.25, 0.3) is 0 Å². The van der Waals surface area contributed by atoms with Gasteiger partial charge in [-0.15, -0.1) is 0 Å². The van der Waals surface area contributed by atoms with E-state index in [1.807, 2.05) is 6.92 Å². The van der Waals surface area contributed by atoms with Crippen molar-refractivity contribution in [1.82, 2.24) is 9.47 Å². The molecule has 4 nitrogen and oxygen atoms in total. The molecule has 5 heteroatoms. The van der Waals surface area contributed by atoms with Gasteiger partial charge in [-0.2, -0.15) is 0 Å². The van der Waals surface area contributed by atoms with Crippen molar-refractivity contribution in [3.63, 3.8) is 0 Å². The van der Waals surface area contributed by atoms with Crippen LogP contribution in [0.1, 0.15) is 67.7 Å². The topological polar surface area (TPSA) is 32.8 Å². The highest BCUT2D eigenvalue weighted by molar-refractivity contribution is 6.81. The van der Waals surface area contributed by atoms with E-state index in [0.29, 0.717) is 0 Å². The van der Waals surface area contributed by atoms with E-state index in [9.17, 15) is 4.79 Å². The number of piperazine rings is 1. The molecule has 4 unspecified atom stereocenters. The number of rotatable bonds is 10. The van der Waals surface area contributed by atoms with Crippen molar-refractivity contribution in [1.29, 1.82) is 0 Å². The molecule has 26 heavy (non-hydrogen) atoms. The molecule has 0 spiro atoms. The molecule has 0 bridgehead atoms. The maximum absolute atomic E-state index is 11.7. The van der Waals surface area contributed by atoms with Crippen LogP contribution < -0.4 is 0 Å². The van der Waals surface area contributed by atoms with Crippen LogP contribution in [0.5, 0.6) is 0 Å². The lowest BCUT2D eigenvalue weighted by Gasteiger charge is -2.55. The molecule has 0 aliphatic carbocycles. The zero-order valence-electron chi connectivity index (χ0n) is 18.7. The van der Waals surface area contributed by atoms with Gasteiger partial charge < -0.3 is 14.2 Å². The largest absolute Gasteiger partial charge is 0.469 e. The van der Waals surface area contributed by atoms with E-state index < -0.39 is 8.24 Å². The van der Waals surface area contributed by atoms with Crippen LogP contribution in [-0.4, -0.2) is 63.5 Å². The number of methoxy groups -OCH3 is 1. The summed E-state index contributed by atoms with van der Waals surface area (Å²) in [4.78, 5) is 14.2. The molecule has 1 saturated heterocycles. The Labute approximate surface area is 163 Å². The van der Waals surface area contributed by atoms with Crippen molar-refractivity contribution in [3.05, 3.63) is 0 Å². The summed E-state index contributed by atoms with van der Waals surface area (Å²) in [7, 11) is -0.101. The number of carbonyl (C=O) groups excluding carboxylic acids is 1. The Morgan fingerprint density at radius 2 is 1.31 bits per heavy atom. The second kappa shape index (κ2) is 10.8. The Kier molecular flexibility index (Phi) is 9.84. The van der Waals surface area contributed by atoms with E-state index in [2.05, 4.69) is 51.0 Å². The summed E-state index contributed by atoms with van der Waals surface area (Å²) in [5.41, 5.74) is 2.48. The second-order valence-electron chi connectivity index (χ2n) is 8.53. The van der Waals surface area contributed by atoms with Gasteiger partial charge in [-0.3, -0.25) is 4.79 Å². The van der Waals surface area contributed by atoms with Gasteiger partial charge in [-0.25, -0.2) is 0 Å². The molecule has 1 rings (SSSR count). The lowest BCUT2D eigenvalue weighted by Crippen LogP contribution is -2.66. The molecular formula is C21H44N2O2Si. The van der Waals surface area contributed by atoms with Gasteiger partial charge in [0.2, 0.25) is 0 Å². The molecule has 0 aromatic carbocycles. The van der Waals surface area contributed by atoms with Gasteiger partial charge >= 0.3 is 5.97 Å². The van der Waals surface area contributed by atoms with Gasteiger partial charge in [0.05, 0.1) is 13.0 Å². The van der Waals surface area contributed by atoms with E-state index in [0.717, 1.165) is 36.3 Å².